The van der Waals surface area contributed by atoms with Crippen molar-refractivity contribution in [2.24, 2.45) is 5.92 Å². The molecule has 1 aliphatic heterocycles. The lowest BCUT2D eigenvalue weighted by atomic mass is 10.1. The SMILES string of the molecule is CCN(Cc1nc(C)no1)C(=O)C1CC(=O)N(Cc2cccnc2)C1. The molecule has 1 unspecified atom stereocenters. The number of hydrogen-bond donors (Lipinski definition) is 0. The van der Waals surface area contributed by atoms with Crippen molar-refractivity contribution in [3.05, 3.63) is 41.8 Å². The number of carbonyl (C=O) groups excluding carboxylic acids is 2. The van der Waals surface area contributed by atoms with Gasteiger partial charge in [-0.25, -0.2) is 0 Å². The van der Waals surface area contributed by atoms with Crippen molar-refractivity contribution >= 4 is 11.8 Å². The number of nitrogens with zero attached hydrogens (tertiary/aromatic N) is 5. The second-order valence-corrected chi connectivity index (χ2v) is 6.12. The molecule has 2 aromatic rings. The Morgan fingerprint density at radius 2 is 2.32 bits per heavy atom. The first kappa shape index (κ1) is 17.1. The Kier molecular flexibility index (Phi) is 5.06. The Morgan fingerprint density at radius 1 is 1.48 bits per heavy atom. The van der Waals surface area contributed by atoms with E-state index >= 15 is 0 Å². The standard InChI is InChI=1S/C17H21N5O3/c1-3-21(11-15-19-12(2)20-25-15)17(24)14-7-16(23)22(10-14)9-13-5-4-6-18-8-13/h4-6,8,14H,3,7,9-11H2,1-2H3. The third-order valence-electron chi connectivity index (χ3n) is 4.25. The molecule has 1 fully saturated rings. The summed E-state index contributed by atoms with van der Waals surface area (Å²) in [5, 5.41) is 3.74. The fraction of sp³-hybridized carbons (Fsp3) is 0.471. The van der Waals surface area contributed by atoms with Crippen LogP contribution in [0.3, 0.4) is 0 Å². The number of hydrogen-bond acceptors (Lipinski definition) is 6. The largest absolute Gasteiger partial charge is 0.337 e. The van der Waals surface area contributed by atoms with Crippen LogP contribution >= 0.6 is 0 Å². The molecular weight excluding hydrogens is 322 g/mol. The van der Waals surface area contributed by atoms with Crippen molar-refractivity contribution in [1.82, 2.24) is 24.9 Å². The van der Waals surface area contributed by atoms with Gasteiger partial charge in [-0.15, -0.1) is 0 Å². The fourth-order valence-electron chi connectivity index (χ4n) is 2.97. The van der Waals surface area contributed by atoms with E-state index in [-0.39, 0.29) is 30.7 Å². The van der Waals surface area contributed by atoms with Crippen LogP contribution in [0.1, 0.15) is 30.6 Å². The highest BCUT2D eigenvalue weighted by Gasteiger charge is 2.36. The molecule has 2 aromatic heterocycles. The minimum absolute atomic E-state index is 0.00751. The third kappa shape index (κ3) is 4.01. The number of aryl methyl sites for hydroxylation is 1. The molecule has 132 valence electrons. The zero-order valence-electron chi connectivity index (χ0n) is 14.4. The molecule has 0 aliphatic carbocycles. The molecule has 25 heavy (non-hydrogen) atoms. The molecule has 3 heterocycles. The number of amides is 2. The average molecular weight is 343 g/mol. The predicted octanol–water partition coefficient (Wildman–Crippen LogP) is 1.17. The topological polar surface area (TPSA) is 92.4 Å². The van der Waals surface area contributed by atoms with Gasteiger partial charge in [0.25, 0.3) is 0 Å². The van der Waals surface area contributed by atoms with Crippen molar-refractivity contribution < 1.29 is 14.1 Å². The minimum atomic E-state index is -0.340. The highest BCUT2D eigenvalue weighted by molar-refractivity contribution is 5.89. The van der Waals surface area contributed by atoms with Crippen molar-refractivity contribution in [3.63, 3.8) is 0 Å². The smallest absolute Gasteiger partial charge is 0.246 e. The summed E-state index contributed by atoms with van der Waals surface area (Å²) in [4.78, 5) is 36.6. The molecule has 0 saturated carbocycles. The average Bonchev–Trinajstić information content (AvgIpc) is 3.19. The Bertz CT molecular complexity index is 746. The van der Waals surface area contributed by atoms with Gasteiger partial charge in [0.2, 0.25) is 17.7 Å². The molecule has 0 N–H and O–H groups in total. The summed E-state index contributed by atoms with van der Waals surface area (Å²) in [5.41, 5.74) is 0.956. The summed E-state index contributed by atoms with van der Waals surface area (Å²) in [6.07, 6.45) is 3.66. The van der Waals surface area contributed by atoms with E-state index in [2.05, 4.69) is 15.1 Å². The van der Waals surface area contributed by atoms with Crippen LogP contribution in [0.25, 0.3) is 0 Å². The summed E-state index contributed by atoms with van der Waals surface area (Å²) >= 11 is 0. The molecule has 1 saturated heterocycles. The van der Waals surface area contributed by atoms with E-state index in [1.165, 1.54) is 0 Å². The van der Waals surface area contributed by atoms with Crippen molar-refractivity contribution in [2.45, 2.75) is 33.4 Å². The normalized spacial score (nSPS) is 17.1. The quantitative estimate of drug-likeness (QED) is 0.782. The second-order valence-electron chi connectivity index (χ2n) is 6.12. The van der Waals surface area contributed by atoms with Crippen LogP contribution < -0.4 is 0 Å². The summed E-state index contributed by atoms with van der Waals surface area (Å²) in [6, 6.07) is 3.76. The molecule has 1 aliphatic rings. The molecular formula is C17H21N5O3. The Morgan fingerprint density at radius 3 is 2.96 bits per heavy atom. The van der Waals surface area contributed by atoms with Gasteiger partial charge in [-0.05, 0) is 25.5 Å². The highest BCUT2D eigenvalue weighted by atomic mass is 16.5. The van der Waals surface area contributed by atoms with Crippen LogP contribution in [0.15, 0.2) is 29.0 Å². The summed E-state index contributed by atoms with van der Waals surface area (Å²) < 4.78 is 5.09. The highest BCUT2D eigenvalue weighted by Crippen LogP contribution is 2.22. The second kappa shape index (κ2) is 7.42. The first-order chi connectivity index (χ1) is 12.1. The van der Waals surface area contributed by atoms with Gasteiger partial charge in [-0.2, -0.15) is 4.98 Å². The Labute approximate surface area is 145 Å². The lowest BCUT2D eigenvalue weighted by Crippen LogP contribution is -2.37. The van der Waals surface area contributed by atoms with Crippen molar-refractivity contribution in [3.8, 4) is 0 Å². The van der Waals surface area contributed by atoms with Crippen molar-refractivity contribution in [2.75, 3.05) is 13.1 Å². The van der Waals surface area contributed by atoms with Gasteiger partial charge in [0.05, 0.1) is 12.5 Å². The van der Waals surface area contributed by atoms with Gasteiger partial charge in [-0.1, -0.05) is 11.2 Å². The van der Waals surface area contributed by atoms with E-state index in [1.54, 1.807) is 29.1 Å². The molecule has 0 spiro atoms. The third-order valence-corrected chi connectivity index (χ3v) is 4.25. The summed E-state index contributed by atoms with van der Waals surface area (Å²) in [5.74, 6) is 0.543. The van der Waals surface area contributed by atoms with Gasteiger partial charge in [0.1, 0.15) is 0 Å². The zero-order chi connectivity index (χ0) is 17.8. The monoisotopic (exact) mass is 343 g/mol. The molecule has 1 atom stereocenters. The van der Waals surface area contributed by atoms with Crippen LogP contribution in [0, 0.1) is 12.8 Å². The van der Waals surface area contributed by atoms with Gasteiger partial charge in [0, 0.05) is 38.4 Å². The van der Waals surface area contributed by atoms with E-state index in [9.17, 15) is 9.59 Å². The van der Waals surface area contributed by atoms with E-state index in [1.807, 2.05) is 19.1 Å². The van der Waals surface area contributed by atoms with Crippen LogP contribution in [0.5, 0.6) is 0 Å². The lowest BCUT2D eigenvalue weighted by Gasteiger charge is -2.22. The molecule has 2 amide bonds. The minimum Gasteiger partial charge on any atom is -0.337 e. The number of likely N-dealkylation sites (tertiary alicyclic amines) is 1. The number of rotatable bonds is 6. The Hall–Kier alpha value is -2.77. The zero-order valence-corrected chi connectivity index (χ0v) is 14.4. The first-order valence-electron chi connectivity index (χ1n) is 8.31. The predicted molar refractivity (Wildman–Crippen MR) is 87.9 cm³/mol. The van der Waals surface area contributed by atoms with Crippen LogP contribution in [0.4, 0.5) is 0 Å². The van der Waals surface area contributed by atoms with Gasteiger partial charge in [-0.3, -0.25) is 14.6 Å². The van der Waals surface area contributed by atoms with Gasteiger partial charge >= 0.3 is 0 Å². The fourth-order valence-corrected chi connectivity index (χ4v) is 2.97. The van der Waals surface area contributed by atoms with Gasteiger partial charge in [0.15, 0.2) is 5.82 Å². The maximum atomic E-state index is 12.8. The lowest BCUT2D eigenvalue weighted by molar-refractivity contribution is -0.136. The van der Waals surface area contributed by atoms with E-state index < -0.39 is 0 Å². The molecule has 0 aromatic carbocycles. The number of pyridine rings is 1. The number of carbonyl (C=O) groups is 2. The maximum absolute atomic E-state index is 12.8. The van der Waals surface area contributed by atoms with E-state index in [0.717, 1.165) is 5.56 Å². The van der Waals surface area contributed by atoms with Crippen LogP contribution in [-0.4, -0.2) is 49.8 Å². The first-order valence-corrected chi connectivity index (χ1v) is 8.31. The molecule has 8 nitrogen and oxygen atoms in total. The van der Waals surface area contributed by atoms with Gasteiger partial charge < -0.3 is 14.3 Å². The Balaban J connectivity index is 1.62. The molecule has 0 bridgehead atoms. The van der Waals surface area contributed by atoms with Crippen molar-refractivity contribution in [1.29, 1.82) is 0 Å². The molecule has 8 heteroatoms. The number of aromatic nitrogens is 3. The summed E-state index contributed by atoms with van der Waals surface area (Å²) in [6.45, 7) is 5.32. The van der Waals surface area contributed by atoms with Crippen LogP contribution in [-0.2, 0) is 22.7 Å². The molecule has 3 rings (SSSR count). The van der Waals surface area contributed by atoms with E-state index in [0.29, 0.717) is 31.3 Å². The molecule has 0 radical (unpaired) electrons. The summed E-state index contributed by atoms with van der Waals surface area (Å²) in [7, 11) is 0. The maximum Gasteiger partial charge on any atom is 0.246 e. The van der Waals surface area contributed by atoms with E-state index in [4.69, 9.17) is 4.52 Å². The van der Waals surface area contributed by atoms with Crippen LogP contribution in [0.2, 0.25) is 0 Å².